The molecule has 0 radical (unpaired) electrons. The molecule has 6 heteroatoms. The van der Waals surface area contributed by atoms with Gasteiger partial charge in [-0.25, -0.2) is 8.42 Å². The molecule has 1 aliphatic heterocycles. The Labute approximate surface area is 135 Å². The summed E-state index contributed by atoms with van der Waals surface area (Å²) in [7, 11) is -3.69. The van der Waals surface area contributed by atoms with Crippen LogP contribution in [0, 0.1) is 11.3 Å². The highest BCUT2D eigenvalue weighted by atomic mass is 32.2. The van der Waals surface area contributed by atoms with E-state index in [9.17, 15) is 13.7 Å². The van der Waals surface area contributed by atoms with Crippen molar-refractivity contribution in [1.82, 2.24) is 0 Å². The number of hydrogen-bond donors (Lipinski definition) is 0. The minimum atomic E-state index is -3.69. The first kappa shape index (κ1) is 15.4. The topological polar surface area (TPSA) is 70.4 Å². The average Bonchev–Trinajstić information content (AvgIpc) is 3.00. The van der Waals surface area contributed by atoms with Crippen LogP contribution in [-0.2, 0) is 16.4 Å². The molecule has 23 heavy (non-hydrogen) atoms. The van der Waals surface area contributed by atoms with Crippen molar-refractivity contribution in [3.63, 3.8) is 0 Å². The average molecular weight is 328 g/mol. The Morgan fingerprint density at radius 1 is 1.26 bits per heavy atom. The Hall–Kier alpha value is -2.52. The van der Waals surface area contributed by atoms with Crippen molar-refractivity contribution in [3.05, 3.63) is 53.6 Å². The summed E-state index contributed by atoms with van der Waals surface area (Å²) in [6.07, 6.45) is 0.692. The summed E-state index contributed by atoms with van der Waals surface area (Å²) in [6.45, 7) is 2.64. The monoisotopic (exact) mass is 328 g/mol. The van der Waals surface area contributed by atoms with Gasteiger partial charge < -0.3 is 4.74 Å². The van der Waals surface area contributed by atoms with Crippen LogP contribution < -0.4 is 9.04 Å². The van der Waals surface area contributed by atoms with Crippen LogP contribution in [0.1, 0.15) is 18.1 Å². The molecule has 0 spiro atoms. The first-order valence-corrected chi connectivity index (χ1v) is 8.79. The van der Waals surface area contributed by atoms with Crippen LogP contribution in [-0.4, -0.2) is 21.6 Å². The van der Waals surface area contributed by atoms with Gasteiger partial charge in [0, 0.05) is 6.54 Å². The van der Waals surface area contributed by atoms with Crippen molar-refractivity contribution in [1.29, 1.82) is 5.26 Å². The van der Waals surface area contributed by atoms with Gasteiger partial charge in [0.05, 0.1) is 22.8 Å². The van der Waals surface area contributed by atoms with Gasteiger partial charge in [-0.05, 0) is 43.2 Å². The molecule has 0 N–H and O–H groups in total. The highest BCUT2D eigenvalue weighted by Gasteiger charge is 2.31. The number of para-hydroxylation sites is 1. The second kappa shape index (κ2) is 5.94. The third-order valence-electron chi connectivity index (χ3n) is 3.80. The van der Waals surface area contributed by atoms with Crippen molar-refractivity contribution < 1.29 is 13.2 Å². The normalized spacial score (nSPS) is 13.5. The number of benzene rings is 2. The van der Waals surface area contributed by atoms with Gasteiger partial charge in [-0.2, -0.15) is 5.26 Å². The second-order valence-corrected chi connectivity index (χ2v) is 7.02. The molecule has 0 aliphatic carbocycles. The van der Waals surface area contributed by atoms with Crippen molar-refractivity contribution in [2.24, 2.45) is 0 Å². The summed E-state index contributed by atoms with van der Waals surface area (Å²) in [5.74, 6) is 0.399. The van der Waals surface area contributed by atoms with E-state index in [1.807, 2.05) is 31.2 Å². The molecular weight excluding hydrogens is 312 g/mol. The molecule has 3 rings (SSSR count). The van der Waals surface area contributed by atoms with E-state index in [1.54, 1.807) is 6.07 Å². The summed E-state index contributed by atoms with van der Waals surface area (Å²) in [6, 6.07) is 13.9. The minimum Gasteiger partial charge on any atom is -0.492 e. The summed E-state index contributed by atoms with van der Waals surface area (Å²) in [5, 5.41) is 9.22. The molecule has 0 bridgehead atoms. The number of fused-ring (bicyclic) bond motifs is 1. The van der Waals surface area contributed by atoms with Crippen molar-refractivity contribution in [3.8, 4) is 11.8 Å². The smallest absolute Gasteiger partial charge is 0.264 e. The fraction of sp³-hybridized carbons (Fsp3) is 0.235. The fourth-order valence-electron chi connectivity index (χ4n) is 2.72. The first-order chi connectivity index (χ1) is 11.1. The molecule has 0 amide bonds. The zero-order chi connectivity index (χ0) is 16.4. The maximum atomic E-state index is 12.9. The van der Waals surface area contributed by atoms with Gasteiger partial charge in [-0.3, -0.25) is 4.31 Å². The first-order valence-electron chi connectivity index (χ1n) is 7.35. The number of hydrogen-bond acceptors (Lipinski definition) is 4. The van der Waals surface area contributed by atoms with E-state index in [-0.39, 0.29) is 10.5 Å². The Bertz CT molecular complexity index is 885. The highest BCUT2D eigenvalue weighted by molar-refractivity contribution is 7.92. The SMILES string of the molecule is CCOc1ccc(S(=O)(=O)N2CCc3ccccc32)cc1C#N. The van der Waals surface area contributed by atoms with Crippen molar-refractivity contribution >= 4 is 15.7 Å². The molecule has 2 aromatic carbocycles. The van der Waals surface area contributed by atoms with E-state index in [2.05, 4.69) is 0 Å². The van der Waals surface area contributed by atoms with Crippen LogP contribution in [0.4, 0.5) is 5.69 Å². The molecule has 5 nitrogen and oxygen atoms in total. The molecule has 0 aromatic heterocycles. The Morgan fingerprint density at radius 2 is 2.04 bits per heavy atom. The largest absolute Gasteiger partial charge is 0.492 e. The molecule has 1 heterocycles. The molecule has 0 atom stereocenters. The van der Waals surface area contributed by atoms with Crippen LogP contribution in [0.25, 0.3) is 0 Å². The predicted molar refractivity (Wildman–Crippen MR) is 87.0 cm³/mol. The van der Waals surface area contributed by atoms with Crippen LogP contribution in [0.5, 0.6) is 5.75 Å². The Balaban J connectivity index is 2.03. The molecular formula is C17H16N2O3S. The van der Waals surface area contributed by atoms with E-state index in [4.69, 9.17) is 4.74 Å². The van der Waals surface area contributed by atoms with Gasteiger partial charge in [0.25, 0.3) is 10.0 Å². The number of sulfonamides is 1. The standard InChI is InChI=1S/C17H16N2O3S/c1-2-22-17-8-7-15(11-14(17)12-18)23(20,21)19-10-9-13-5-3-4-6-16(13)19/h3-8,11H,2,9-10H2,1H3. The van der Waals surface area contributed by atoms with Gasteiger partial charge >= 0.3 is 0 Å². The Morgan fingerprint density at radius 3 is 2.78 bits per heavy atom. The van der Waals surface area contributed by atoms with Gasteiger partial charge in [-0.1, -0.05) is 18.2 Å². The zero-order valence-corrected chi connectivity index (χ0v) is 13.5. The van der Waals surface area contributed by atoms with E-state index in [1.165, 1.54) is 22.5 Å². The number of nitrogens with zero attached hydrogens (tertiary/aromatic N) is 2. The lowest BCUT2D eigenvalue weighted by Gasteiger charge is -2.20. The molecule has 0 saturated heterocycles. The van der Waals surface area contributed by atoms with Crippen molar-refractivity contribution in [2.75, 3.05) is 17.5 Å². The van der Waals surface area contributed by atoms with E-state index in [0.29, 0.717) is 31.0 Å². The van der Waals surface area contributed by atoms with Crippen LogP contribution in [0.15, 0.2) is 47.4 Å². The predicted octanol–water partition coefficient (Wildman–Crippen LogP) is 2.71. The van der Waals surface area contributed by atoms with Crippen LogP contribution >= 0.6 is 0 Å². The van der Waals surface area contributed by atoms with Gasteiger partial charge in [0.2, 0.25) is 0 Å². The lowest BCUT2D eigenvalue weighted by atomic mass is 10.2. The summed E-state index contributed by atoms with van der Waals surface area (Å²) < 4.78 is 32.6. The van der Waals surface area contributed by atoms with Crippen molar-refractivity contribution in [2.45, 2.75) is 18.2 Å². The third-order valence-corrected chi connectivity index (χ3v) is 5.61. The highest BCUT2D eigenvalue weighted by Crippen LogP contribution is 2.33. The van der Waals surface area contributed by atoms with Gasteiger partial charge in [0.1, 0.15) is 11.8 Å². The molecule has 2 aromatic rings. The molecule has 1 aliphatic rings. The number of anilines is 1. The van der Waals surface area contributed by atoms with Crippen LogP contribution in [0.2, 0.25) is 0 Å². The number of rotatable bonds is 4. The zero-order valence-electron chi connectivity index (χ0n) is 12.7. The lowest BCUT2D eigenvalue weighted by molar-refractivity contribution is 0.339. The molecule has 0 unspecified atom stereocenters. The lowest BCUT2D eigenvalue weighted by Crippen LogP contribution is -2.29. The van der Waals surface area contributed by atoms with Gasteiger partial charge in [-0.15, -0.1) is 0 Å². The number of ether oxygens (including phenoxy) is 1. The quantitative estimate of drug-likeness (QED) is 0.865. The van der Waals surface area contributed by atoms with E-state index < -0.39 is 10.0 Å². The molecule has 118 valence electrons. The van der Waals surface area contributed by atoms with E-state index in [0.717, 1.165) is 5.56 Å². The van der Waals surface area contributed by atoms with Crippen LogP contribution in [0.3, 0.4) is 0 Å². The van der Waals surface area contributed by atoms with E-state index >= 15 is 0 Å². The van der Waals surface area contributed by atoms with Gasteiger partial charge in [0.15, 0.2) is 0 Å². The number of nitriles is 1. The fourth-order valence-corrected chi connectivity index (χ4v) is 4.25. The summed E-state index contributed by atoms with van der Waals surface area (Å²) in [5.41, 5.74) is 1.95. The maximum Gasteiger partial charge on any atom is 0.264 e. The summed E-state index contributed by atoms with van der Waals surface area (Å²) >= 11 is 0. The molecule has 0 fully saturated rings. The second-order valence-electron chi connectivity index (χ2n) is 5.16. The molecule has 0 saturated carbocycles. The summed E-state index contributed by atoms with van der Waals surface area (Å²) in [4.78, 5) is 0.106. The Kier molecular flexibility index (Phi) is 3.97. The minimum absolute atomic E-state index is 0.106. The third kappa shape index (κ3) is 2.64. The maximum absolute atomic E-state index is 12.9.